The minimum absolute atomic E-state index is 0.0447. The Labute approximate surface area is 110 Å². The average Bonchev–Trinajstić information content (AvgIpc) is 2.37. The minimum Gasteiger partial charge on any atom is -0.358 e. The Balaban J connectivity index is 2.49. The summed E-state index contributed by atoms with van der Waals surface area (Å²) in [5.74, 6) is 0. The van der Waals surface area contributed by atoms with Crippen molar-refractivity contribution in [3.8, 4) is 0 Å². The van der Waals surface area contributed by atoms with Gasteiger partial charge in [-0.15, -0.1) is 6.58 Å². The number of nitro groups is 1. The second-order valence-electron chi connectivity index (χ2n) is 3.22. The second kappa shape index (κ2) is 7.13. The van der Waals surface area contributed by atoms with Gasteiger partial charge in [0.15, 0.2) is 5.11 Å². The molecule has 7 heteroatoms. The number of hydrazone groups is 1. The van der Waals surface area contributed by atoms with Crippen molar-refractivity contribution in [2.45, 2.75) is 0 Å². The number of benzene rings is 1. The van der Waals surface area contributed by atoms with E-state index in [2.05, 4.69) is 22.4 Å². The normalized spacial score (nSPS) is 10.0. The van der Waals surface area contributed by atoms with Crippen LogP contribution in [0.4, 0.5) is 5.69 Å². The highest BCUT2D eigenvalue weighted by Gasteiger charge is 2.02. The van der Waals surface area contributed by atoms with Crippen molar-refractivity contribution in [3.63, 3.8) is 0 Å². The fourth-order valence-electron chi connectivity index (χ4n) is 1.05. The van der Waals surface area contributed by atoms with E-state index < -0.39 is 4.92 Å². The van der Waals surface area contributed by atoms with E-state index in [1.165, 1.54) is 18.3 Å². The van der Waals surface area contributed by atoms with Crippen molar-refractivity contribution in [1.29, 1.82) is 0 Å². The Hall–Kier alpha value is -2.28. The van der Waals surface area contributed by atoms with Crippen molar-refractivity contribution in [3.05, 3.63) is 52.6 Å². The van der Waals surface area contributed by atoms with Crippen molar-refractivity contribution in [2.75, 3.05) is 6.54 Å². The lowest BCUT2D eigenvalue weighted by Crippen LogP contribution is -2.31. The van der Waals surface area contributed by atoms with Crippen LogP contribution in [0.3, 0.4) is 0 Å². The van der Waals surface area contributed by atoms with Gasteiger partial charge in [-0.3, -0.25) is 15.5 Å². The Morgan fingerprint density at radius 1 is 1.50 bits per heavy atom. The van der Waals surface area contributed by atoms with Gasteiger partial charge in [0.25, 0.3) is 5.69 Å². The zero-order valence-corrected chi connectivity index (χ0v) is 10.3. The van der Waals surface area contributed by atoms with Gasteiger partial charge in [0.05, 0.1) is 11.1 Å². The number of nitrogens with zero attached hydrogens (tertiary/aromatic N) is 2. The number of rotatable bonds is 5. The molecule has 0 atom stereocenters. The monoisotopic (exact) mass is 264 g/mol. The molecule has 6 nitrogen and oxygen atoms in total. The molecule has 0 unspecified atom stereocenters. The van der Waals surface area contributed by atoms with Gasteiger partial charge in [0.1, 0.15) is 0 Å². The smallest absolute Gasteiger partial charge is 0.269 e. The molecule has 0 saturated carbocycles. The van der Waals surface area contributed by atoms with Crippen LogP contribution in [0.15, 0.2) is 42.0 Å². The number of non-ortho nitro benzene ring substituents is 1. The molecular formula is C11H12N4O2S. The van der Waals surface area contributed by atoms with Gasteiger partial charge in [-0.1, -0.05) is 6.08 Å². The van der Waals surface area contributed by atoms with Crippen LogP contribution in [0.25, 0.3) is 0 Å². The third-order valence-electron chi connectivity index (χ3n) is 1.89. The molecule has 0 aliphatic rings. The Morgan fingerprint density at radius 3 is 2.72 bits per heavy atom. The summed E-state index contributed by atoms with van der Waals surface area (Å²) in [4.78, 5) is 9.99. The third-order valence-corrected chi connectivity index (χ3v) is 2.13. The van der Waals surface area contributed by atoms with E-state index in [0.29, 0.717) is 11.7 Å². The molecule has 2 N–H and O–H groups in total. The molecule has 94 valence electrons. The maximum Gasteiger partial charge on any atom is 0.269 e. The quantitative estimate of drug-likeness (QED) is 0.277. The molecule has 0 heterocycles. The van der Waals surface area contributed by atoms with Gasteiger partial charge in [-0.2, -0.15) is 5.10 Å². The first-order chi connectivity index (χ1) is 8.63. The summed E-state index contributed by atoms with van der Waals surface area (Å²) in [5.41, 5.74) is 3.39. The van der Waals surface area contributed by atoms with Crippen LogP contribution in [-0.4, -0.2) is 22.8 Å². The van der Waals surface area contributed by atoms with Crippen molar-refractivity contribution < 1.29 is 4.92 Å². The Morgan fingerprint density at radius 2 is 2.17 bits per heavy atom. The fraction of sp³-hybridized carbons (Fsp3) is 0.0909. The first-order valence-corrected chi connectivity index (χ1v) is 5.46. The van der Waals surface area contributed by atoms with Gasteiger partial charge in [-0.05, 0) is 29.9 Å². The lowest BCUT2D eigenvalue weighted by Gasteiger charge is -2.02. The highest BCUT2D eigenvalue weighted by molar-refractivity contribution is 7.80. The van der Waals surface area contributed by atoms with Gasteiger partial charge in [0.2, 0.25) is 0 Å². The highest BCUT2D eigenvalue weighted by atomic mass is 32.1. The van der Waals surface area contributed by atoms with E-state index in [-0.39, 0.29) is 5.69 Å². The zero-order chi connectivity index (χ0) is 13.4. The summed E-state index contributed by atoms with van der Waals surface area (Å²) in [7, 11) is 0. The SMILES string of the molecule is C=CCNC(=S)NN=Cc1ccc([N+](=O)[O-])cc1. The van der Waals surface area contributed by atoms with Gasteiger partial charge in [0, 0.05) is 18.7 Å². The predicted octanol–water partition coefficient (Wildman–Crippen LogP) is 1.58. The van der Waals surface area contributed by atoms with Crippen LogP contribution in [0.1, 0.15) is 5.56 Å². The summed E-state index contributed by atoms with van der Waals surface area (Å²) < 4.78 is 0. The molecule has 0 radical (unpaired) electrons. The van der Waals surface area contributed by atoms with E-state index in [1.807, 2.05) is 0 Å². The van der Waals surface area contributed by atoms with Crippen LogP contribution in [0, 0.1) is 10.1 Å². The van der Waals surface area contributed by atoms with E-state index in [9.17, 15) is 10.1 Å². The molecule has 0 fully saturated rings. The fourth-order valence-corrected chi connectivity index (χ4v) is 1.19. The summed E-state index contributed by atoms with van der Waals surface area (Å²) >= 11 is 4.92. The van der Waals surface area contributed by atoms with Crippen molar-refractivity contribution in [2.24, 2.45) is 5.10 Å². The third kappa shape index (κ3) is 4.71. The molecule has 0 saturated heterocycles. The maximum atomic E-state index is 10.4. The standard InChI is InChI=1S/C11H12N4O2S/c1-2-7-12-11(18)14-13-8-9-3-5-10(6-4-9)15(16)17/h2-6,8H,1,7H2,(H2,12,14,18). The maximum absolute atomic E-state index is 10.4. The van der Waals surface area contributed by atoms with E-state index in [4.69, 9.17) is 12.2 Å². The average molecular weight is 264 g/mol. The van der Waals surface area contributed by atoms with E-state index in [1.54, 1.807) is 18.2 Å². The van der Waals surface area contributed by atoms with E-state index in [0.717, 1.165) is 5.56 Å². The number of hydrogen-bond acceptors (Lipinski definition) is 4. The van der Waals surface area contributed by atoms with Crippen LogP contribution >= 0.6 is 12.2 Å². The Bertz CT molecular complexity index is 470. The molecule has 0 amide bonds. The molecule has 1 rings (SSSR count). The number of nitrogens with one attached hydrogen (secondary N) is 2. The topological polar surface area (TPSA) is 79.6 Å². The largest absolute Gasteiger partial charge is 0.358 e. The predicted molar refractivity (Wildman–Crippen MR) is 74.6 cm³/mol. The molecule has 1 aromatic rings. The summed E-state index contributed by atoms with van der Waals surface area (Å²) in [6, 6.07) is 6.03. The van der Waals surface area contributed by atoms with Gasteiger partial charge >= 0.3 is 0 Å². The first-order valence-electron chi connectivity index (χ1n) is 5.05. The summed E-state index contributed by atoms with van der Waals surface area (Å²) in [5, 5.41) is 17.6. The molecular weight excluding hydrogens is 252 g/mol. The number of nitro benzene ring substituents is 1. The van der Waals surface area contributed by atoms with Crippen LogP contribution in [0.2, 0.25) is 0 Å². The summed E-state index contributed by atoms with van der Waals surface area (Å²) in [6.45, 7) is 4.09. The minimum atomic E-state index is -0.451. The summed E-state index contributed by atoms with van der Waals surface area (Å²) in [6.07, 6.45) is 3.19. The van der Waals surface area contributed by atoms with Crippen LogP contribution in [-0.2, 0) is 0 Å². The molecule has 1 aromatic carbocycles. The zero-order valence-electron chi connectivity index (χ0n) is 9.50. The highest BCUT2D eigenvalue weighted by Crippen LogP contribution is 2.10. The van der Waals surface area contributed by atoms with Crippen molar-refractivity contribution >= 4 is 29.2 Å². The molecule has 0 aliphatic heterocycles. The first kappa shape index (κ1) is 13.8. The lowest BCUT2D eigenvalue weighted by atomic mass is 10.2. The van der Waals surface area contributed by atoms with Gasteiger partial charge < -0.3 is 5.32 Å². The van der Waals surface area contributed by atoms with Gasteiger partial charge in [-0.25, -0.2) is 0 Å². The second-order valence-corrected chi connectivity index (χ2v) is 3.63. The van der Waals surface area contributed by atoms with E-state index >= 15 is 0 Å². The van der Waals surface area contributed by atoms with Crippen molar-refractivity contribution in [1.82, 2.24) is 10.7 Å². The van der Waals surface area contributed by atoms with Crippen LogP contribution < -0.4 is 10.7 Å². The molecule has 18 heavy (non-hydrogen) atoms. The Kier molecular flexibility index (Phi) is 5.46. The molecule has 0 aromatic heterocycles. The number of hydrogen-bond donors (Lipinski definition) is 2. The molecule has 0 aliphatic carbocycles. The van der Waals surface area contributed by atoms with Crippen LogP contribution in [0.5, 0.6) is 0 Å². The molecule has 0 spiro atoms. The lowest BCUT2D eigenvalue weighted by molar-refractivity contribution is -0.384. The number of thiocarbonyl (C=S) groups is 1. The molecule has 0 bridgehead atoms.